The smallest absolute Gasteiger partial charge is 0.325 e. The maximum atomic E-state index is 13.2. The molecule has 3 atom stereocenters. The van der Waals surface area contributed by atoms with E-state index in [1.54, 1.807) is 7.05 Å². The maximum Gasteiger partial charge on any atom is 0.325 e. The van der Waals surface area contributed by atoms with Crippen LogP contribution < -0.4 is 15.5 Å². The van der Waals surface area contributed by atoms with Crippen molar-refractivity contribution in [2.24, 2.45) is 11.3 Å². The molecule has 1 aromatic rings. The van der Waals surface area contributed by atoms with Crippen LogP contribution in [0, 0.1) is 11.3 Å². The fourth-order valence-electron chi connectivity index (χ4n) is 4.84. The molecule has 29 heavy (non-hydrogen) atoms. The van der Waals surface area contributed by atoms with E-state index in [-0.39, 0.29) is 23.0 Å². The highest BCUT2D eigenvalue weighted by Crippen LogP contribution is 2.48. The average Bonchev–Trinajstić information content (AvgIpc) is 2.63. The van der Waals surface area contributed by atoms with Crippen molar-refractivity contribution in [3.63, 3.8) is 0 Å². The van der Waals surface area contributed by atoms with Gasteiger partial charge in [-0.1, -0.05) is 26.0 Å². The van der Waals surface area contributed by atoms with Gasteiger partial charge in [-0.3, -0.25) is 14.9 Å². The van der Waals surface area contributed by atoms with E-state index >= 15 is 0 Å². The van der Waals surface area contributed by atoms with Crippen LogP contribution in [0.15, 0.2) is 35.5 Å². The number of rotatable bonds is 2. The lowest BCUT2D eigenvalue weighted by Gasteiger charge is -2.49. The van der Waals surface area contributed by atoms with Crippen LogP contribution in [0.2, 0.25) is 0 Å². The zero-order chi connectivity index (χ0) is 21.1. The monoisotopic (exact) mass is 396 g/mol. The number of hydrogen-bond donors (Lipinski definition) is 2. The Hall–Kier alpha value is -2.83. The summed E-state index contributed by atoms with van der Waals surface area (Å²) in [7, 11) is 5.62. The van der Waals surface area contributed by atoms with Gasteiger partial charge in [0.1, 0.15) is 6.17 Å². The number of urea groups is 1. The van der Waals surface area contributed by atoms with Gasteiger partial charge in [-0.2, -0.15) is 0 Å². The molecule has 0 saturated carbocycles. The van der Waals surface area contributed by atoms with E-state index in [1.165, 1.54) is 4.90 Å². The van der Waals surface area contributed by atoms with Crippen LogP contribution in [0.25, 0.3) is 0 Å². The van der Waals surface area contributed by atoms with Gasteiger partial charge in [0.05, 0.1) is 5.92 Å². The molecule has 3 amide bonds. The summed E-state index contributed by atoms with van der Waals surface area (Å²) in [5, 5.41) is 5.83. The van der Waals surface area contributed by atoms with E-state index in [9.17, 15) is 14.4 Å². The van der Waals surface area contributed by atoms with E-state index in [4.69, 9.17) is 0 Å². The fraction of sp³-hybridized carbons (Fsp3) is 0.500. The summed E-state index contributed by atoms with van der Waals surface area (Å²) in [6, 6.07) is 7.56. The fourth-order valence-corrected chi connectivity index (χ4v) is 4.84. The van der Waals surface area contributed by atoms with Crippen molar-refractivity contribution in [1.82, 2.24) is 15.5 Å². The molecule has 2 aliphatic heterocycles. The first-order chi connectivity index (χ1) is 13.6. The zero-order valence-corrected chi connectivity index (χ0v) is 17.6. The number of nitrogens with one attached hydrogen (secondary N) is 2. The van der Waals surface area contributed by atoms with Crippen molar-refractivity contribution in [3.8, 4) is 0 Å². The van der Waals surface area contributed by atoms with Gasteiger partial charge in [-0.25, -0.2) is 4.79 Å². The highest BCUT2D eigenvalue weighted by molar-refractivity contribution is 6.04. The molecule has 1 aliphatic carbocycles. The number of anilines is 1. The van der Waals surface area contributed by atoms with E-state index in [1.807, 2.05) is 43.3 Å². The lowest BCUT2D eigenvalue weighted by atomic mass is 9.66. The van der Waals surface area contributed by atoms with Crippen LogP contribution in [0.1, 0.15) is 38.2 Å². The lowest BCUT2D eigenvalue weighted by molar-refractivity contribution is -0.130. The second-order valence-electron chi connectivity index (χ2n) is 9.32. The van der Waals surface area contributed by atoms with Crippen molar-refractivity contribution >= 4 is 23.4 Å². The minimum atomic E-state index is -0.563. The zero-order valence-electron chi connectivity index (χ0n) is 17.6. The summed E-state index contributed by atoms with van der Waals surface area (Å²) in [6.07, 6.45) is 0.691. The van der Waals surface area contributed by atoms with Crippen LogP contribution in [0.3, 0.4) is 0 Å². The number of imide groups is 1. The van der Waals surface area contributed by atoms with Crippen molar-refractivity contribution in [1.29, 1.82) is 0 Å². The molecule has 3 unspecified atom stereocenters. The molecule has 3 aliphatic rings. The number of Topliss-reactive ketones (excluding diaryl/α,β-unsaturated/α-hetero) is 1. The molecule has 7 heteroatoms. The Bertz CT molecular complexity index is 916. The van der Waals surface area contributed by atoms with Gasteiger partial charge in [0.25, 0.3) is 0 Å². The van der Waals surface area contributed by atoms with Gasteiger partial charge in [0, 0.05) is 50.4 Å². The molecule has 2 N–H and O–H groups in total. The third-order valence-corrected chi connectivity index (χ3v) is 6.29. The molecular formula is C22H28N4O3. The molecule has 154 valence electrons. The van der Waals surface area contributed by atoms with Crippen molar-refractivity contribution in [2.75, 3.05) is 26.0 Å². The van der Waals surface area contributed by atoms with E-state index in [0.717, 1.165) is 16.9 Å². The van der Waals surface area contributed by atoms with Gasteiger partial charge >= 0.3 is 6.03 Å². The van der Waals surface area contributed by atoms with Crippen LogP contribution in [-0.2, 0) is 9.59 Å². The normalized spacial score (nSPS) is 28.4. The van der Waals surface area contributed by atoms with Crippen LogP contribution >= 0.6 is 0 Å². The third-order valence-electron chi connectivity index (χ3n) is 6.29. The average molecular weight is 396 g/mol. The maximum absolute atomic E-state index is 13.2. The Morgan fingerprint density at radius 2 is 1.72 bits per heavy atom. The molecule has 0 radical (unpaired) electrons. The minimum absolute atomic E-state index is 0.0799. The summed E-state index contributed by atoms with van der Waals surface area (Å²) in [5.41, 5.74) is 3.37. The van der Waals surface area contributed by atoms with Crippen LogP contribution in [0.4, 0.5) is 10.5 Å². The van der Waals surface area contributed by atoms with Gasteiger partial charge in [-0.15, -0.1) is 0 Å². The lowest BCUT2D eigenvalue weighted by Crippen LogP contribution is -2.67. The Kier molecular flexibility index (Phi) is 4.44. The number of allylic oxidation sites excluding steroid dienone is 2. The van der Waals surface area contributed by atoms with Gasteiger partial charge in [0.15, 0.2) is 5.78 Å². The number of benzene rings is 1. The number of carbonyl (C=O) groups is 3. The predicted molar refractivity (Wildman–Crippen MR) is 110 cm³/mol. The second-order valence-corrected chi connectivity index (χ2v) is 9.32. The standard InChI is InChI=1S/C22H28N4O3/c1-22(2)10-14-17(15(27)11-22)16(12-6-8-13(9-7-12)25(3)4)18-19(23-14)26(5)21(29)24-20(18)28/h6-9,16,18-19,23H,10-11H2,1-5H3,(H,24,28,29). The van der Waals surface area contributed by atoms with Crippen LogP contribution in [0.5, 0.6) is 0 Å². The quantitative estimate of drug-likeness (QED) is 0.801. The first-order valence-corrected chi connectivity index (χ1v) is 9.97. The van der Waals surface area contributed by atoms with Gasteiger partial charge < -0.3 is 15.1 Å². The number of fused-ring (bicyclic) bond motifs is 1. The third kappa shape index (κ3) is 3.18. The topological polar surface area (TPSA) is 81.8 Å². The second kappa shape index (κ2) is 6.61. The van der Waals surface area contributed by atoms with Gasteiger partial charge in [-0.05, 0) is 29.5 Å². The highest BCUT2D eigenvalue weighted by Gasteiger charge is 2.52. The molecule has 0 bridgehead atoms. The molecule has 2 heterocycles. The summed E-state index contributed by atoms with van der Waals surface area (Å²) >= 11 is 0. The summed E-state index contributed by atoms with van der Waals surface area (Å²) in [4.78, 5) is 41.9. The van der Waals surface area contributed by atoms with Gasteiger partial charge in [0.2, 0.25) is 5.91 Å². The number of hydrogen-bond acceptors (Lipinski definition) is 5. The van der Waals surface area contributed by atoms with Crippen LogP contribution in [-0.4, -0.2) is 49.9 Å². The first kappa shape index (κ1) is 19.5. The molecule has 1 fully saturated rings. The summed E-state index contributed by atoms with van der Waals surface area (Å²) in [5.74, 6) is -1.20. The molecule has 4 rings (SSSR count). The van der Waals surface area contributed by atoms with Crippen molar-refractivity contribution in [3.05, 3.63) is 41.1 Å². The first-order valence-electron chi connectivity index (χ1n) is 9.97. The molecule has 1 aromatic carbocycles. The SMILES string of the molecule is CN(C)c1ccc(C2C3=C(CC(C)(C)CC3=O)NC3C2C(=O)NC(=O)N3C)cc1. The number of ketones is 1. The minimum Gasteiger partial charge on any atom is -0.378 e. The number of amides is 3. The Labute approximate surface area is 171 Å². The summed E-state index contributed by atoms with van der Waals surface area (Å²) < 4.78 is 0. The number of carbonyl (C=O) groups excluding carboxylic acids is 3. The van der Waals surface area contributed by atoms with Crippen molar-refractivity contribution < 1.29 is 14.4 Å². The molecule has 0 spiro atoms. The predicted octanol–water partition coefficient (Wildman–Crippen LogP) is 2.21. The molecule has 7 nitrogen and oxygen atoms in total. The van der Waals surface area contributed by atoms with Crippen molar-refractivity contribution in [2.45, 2.75) is 38.8 Å². The Balaban J connectivity index is 1.87. The Morgan fingerprint density at radius 3 is 2.34 bits per heavy atom. The molecular weight excluding hydrogens is 368 g/mol. The van der Waals surface area contributed by atoms with E-state index in [0.29, 0.717) is 18.4 Å². The number of nitrogens with zero attached hydrogens (tertiary/aromatic N) is 2. The molecule has 1 saturated heterocycles. The van der Waals surface area contributed by atoms with E-state index < -0.39 is 18.1 Å². The highest BCUT2D eigenvalue weighted by atomic mass is 16.2. The molecule has 0 aromatic heterocycles. The summed E-state index contributed by atoms with van der Waals surface area (Å²) in [6.45, 7) is 4.15. The Morgan fingerprint density at radius 1 is 1.07 bits per heavy atom. The largest absolute Gasteiger partial charge is 0.378 e. The van der Waals surface area contributed by atoms with E-state index in [2.05, 4.69) is 24.5 Å².